The van der Waals surface area contributed by atoms with Crippen molar-refractivity contribution in [1.29, 1.82) is 0 Å². The number of benzene rings is 1. The Labute approximate surface area is 174 Å². The third-order valence-electron chi connectivity index (χ3n) is 5.12. The average molecular weight is 421 g/mol. The van der Waals surface area contributed by atoms with Gasteiger partial charge in [-0.2, -0.15) is 5.10 Å². The Hall–Kier alpha value is -1.86. The molecule has 8 heteroatoms. The molecule has 150 valence electrons. The zero-order valence-electron chi connectivity index (χ0n) is 16.1. The maximum Gasteiger partial charge on any atom is 0.240 e. The monoisotopic (exact) mass is 420 g/mol. The Balaban J connectivity index is 1.56. The number of nitrogens with one attached hydrogen (secondary N) is 2. The van der Waals surface area contributed by atoms with E-state index in [4.69, 9.17) is 11.6 Å². The zero-order chi connectivity index (χ0) is 20.1. The number of halogens is 1. The highest BCUT2D eigenvalue weighted by Crippen LogP contribution is 2.27. The first-order valence-electron chi connectivity index (χ1n) is 9.58. The van der Waals surface area contributed by atoms with Crippen LogP contribution in [0.3, 0.4) is 0 Å². The van der Waals surface area contributed by atoms with Crippen LogP contribution >= 0.6 is 23.4 Å². The molecule has 2 aliphatic rings. The lowest BCUT2D eigenvalue weighted by molar-refractivity contribution is -0.122. The predicted octanol–water partition coefficient (Wildman–Crippen LogP) is 4.52. The molecule has 1 heterocycles. The fourth-order valence-electron chi connectivity index (χ4n) is 3.41. The number of carbonyl (C=O) groups excluding carboxylic acids is 2. The fraction of sp³-hybridized carbons (Fsp3) is 0.500. The van der Waals surface area contributed by atoms with Gasteiger partial charge in [0.05, 0.1) is 0 Å². The van der Waals surface area contributed by atoms with E-state index in [2.05, 4.69) is 20.8 Å². The van der Waals surface area contributed by atoms with Crippen molar-refractivity contribution in [1.82, 2.24) is 5.32 Å². The lowest BCUT2D eigenvalue weighted by Gasteiger charge is -2.20. The second kappa shape index (κ2) is 9.56. The van der Waals surface area contributed by atoms with Gasteiger partial charge in [-0.15, -0.1) is 5.10 Å². The van der Waals surface area contributed by atoms with E-state index in [0.717, 1.165) is 24.1 Å². The number of hydrogen-bond donors (Lipinski definition) is 2. The molecular formula is C20H25ClN4O2S. The molecule has 1 saturated carbocycles. The van der Waals surface area contributed by atoms with Crippen molar-refractivity contribution in [3.63, 3.8) is 0 Å². The summed E-state index contributed by atoms with van der Waals surface area (Å²) in [5.74, 6) is 0.0381. The third-order valence-corrected chi connectivity index (χ3v) is 6.42. The smallest absolute Gasteiger partial charge is 0.240 e. The maximum absolute atomic E-state index is 12.3. The van der Waals surface area contributed by atoms with Crippen molar-refractivity contribution in [2.75, 3.05) is 5.32 Å². The van der Waals surface area contributed by atoms with Gasteiger partial charge in [0.1, 0.15) is 5.25 Å². The summed E-state index contributed by atoms with van der Waals surface area (Å²) in [6.07, 6.45) is 6.15. The molecule has 1 aromatic rings. The van der Waals surface area contributed by atoms with Gasteiger partial charge in [-0.05, 0) is 50.3 Å². The van der Waals surface area contributed by atoms with E-state index in [9.17, 15) is 9.59 Å². The molecule has 2 amide bonds. The van der Waals surface area contributed by atoms with Gasteiger partial charge < -0.3 is 10.6 Å². The average Bonchev–Trinajstić information content (AvgIpc) is 3.02. The molecule has 2 fully saturated rings. The quantitative estimate of drug-likeness (QED) is 0.542. The van der Waals surface area contributed by atoms with Crippen LogP contribution in [0.2, 0.25) is 5.02 Å². The fourth-order valence-corrected chi connectivity index (χ4v) is 4.50. The van der Waals surface area contributed by atoms with Crippen LogP contribution in [0.25, 0.3) is 0 Å². The molecule has 1 unspecified atom stereocenters. The number of carbonyl (C=O) groups is 2. The summed E-state index contributed by atoms with van der Waals surface area (Å²) in [4.78, 5) is 24.5. The summed E-state index contributed by atoms with van der Waals surface area (Å²) in [6.45, 7) is 3.89. The van der Waals surface area contributed by atoms with Crippen molar-refractivity contribution in [3.05, 3.63) is 28.8 Å². The summed E-state index contributed by atoms with van der Waals surface area (Å²) in [6, 6.07) is 5.31. The van der Waals surface area contributed by atoms with Gasteiger partial charge in [-0.1, -0.05) is 48.7 Å². The molecular weight excluding hydrogens is 396 g/mol. The van der Waals surface area contributed by atoms with E-state index in [1.165, 1.54) is 31.0 Å². The second-order valence-corrected chi connectivity index (χ2v) is 8.92. The van der Waals surface area contributed by atoms with E-state index >= 15 is 0 Å². The van der Waals surface area contributed by atoms with Gasteiger partial charge in [-0.25, -0.2) is 0 Å². The Morgan fingerprint density at radius 2 is 2.07 bits per heavy atom. The van der Waals surface area contributed by atoms with E-state index in [0.29, 0.717) is 21.8 Å². The number of nitrogens with zero attached hydrogens (tertiary/aromatic N) is 2. The summed E-state index contributed by atoms with van der Waals surface area (Å²) in [5, 5.41) is 14.6. The van der Waals surface area contributed by atoms with E-state index in [-0.39, 0.29) is 18.2 Å². The van der Waals surface area contributed by atoms with Crippen LogP contribution in [-0.2, 0) is 9.59 Å². The van der Waals surface area contributed by atoms with Gasteiger partial charge >= 0.3 is 0 Å². The largest absolute Gasteiger partial charge is 0.326 e. The number of hydrogen-bond acceptors (Lipinski definition) is 5. The highest BCUT2D eigenvalue weighted by molar-refractivity contribution is 8.15. The molecule has 2 N–H and O–H groups in total. The Morgan fingerprint density at radius 1 is 1.32 bits per heavy atom. The number of rotatable bonds is 5. The van der Waals surface area contributed by atoms with Crippen LogP contribution < -0.4 is 10.6 Å². The summed E-state index contributed by atoms with van der Waals surface area (Å²) >= 11 is 7.23. The van der Waals surface area contributed by atoms with Crippen molar-refractivity contribution in [3.8, 4) is 0 Å². The van der Waals surface area contributed by atoms with Crippen LogP contribution in [0, 0.1) is 12.8 Å². The normalized spacial score (nSPS) is 22.4. The lowest BCUT2D eigenvalue weighted by Crippen LogP contribution is -2.28. The summed E-state index contributed by atoms with van der Waals surface area (Å²) in [5.41, 5.74) is 2.58. The molecule has 0 aromatic heterocycles. The molecule has 6 nitrogen and oxygen atoms in total. The molecule has 1 atom stereocenters. The Kier molecular flexibility index (Phi) is 7.13. The highest BCUT2D eigenvalue weighted by Gasteiger charge is 2.32. The molecule has 0 radical (unpaired) electrons. The Bertz CT molecular complexity index is 818. The molecule has 28 heavy (non-hydrogen) atoms. The molecule has 1 aliphatic heterocycles. The van der Waals surface area contributed by atoms with Crippen LogP contribution in [0.4, 0.5) is 5.69 Å². The van der Waals surface area contributed by atoms with Crippen LogP contribution in [0.1, 0.15) is 51.0 Å². The van der Waals surface area contributed by atoms with Crippen molar-refractivity contribution in [2.24, 2.45) is 16.1 Å². The topological polar surface area (TPSA) is 82.9 Å². The molecule has 0 bridgehead atoms. The Morgan fingerprint density at radius 3 is 2.82 bits per heavy atom. The standard InChI is InChI=1S/C20H25ClN4O2S/c1-12-8-9-15(21)10-16(12)22-18(26)11-17-19(27)23-20(28-17)25-24-13(2)14-6-4-3-5-7-14/h8-10,14,17H,3-7,11H2,1-2H3,(H,22,26)(H,23,25,27). The van der Waals surface area contributed by atoms with Gasteiger partial charge in [-0.3, -0.25) is 9.59 Å². The lowest BCUT2D eigenvalue weighted by atomic mass is 9.86. The first-order chi connectivity index (χ1) is 13.4. The minimum Gasteiger partial charge on any atom is -0.326 e. The number of amidine groups is 1. The molecule has 3 rings (SSSR count). The summed E-state index contributed by atoms with van der Waals surface area (Å²) in [7, 11) is 0. The van der Waals surface area contributed by atoms with E-state index < -0.39 is 5.25 Å². The van der Waals surface area contributed by atoms with Crippen molar-refractivity contribution >= 4 is 51.7 Å². The van der Waals surface area contributed by atoms with E-state index in [1.54, 1.807) is 12.1 Å². The number of anilines is 1. The minimum atomic E-state index is -0.511. The number of amides is 2. The molecule has 1 aliphatic carbocycles. The summed E-state index contributed by atoms with van der Waals surface area (Å²) < 4.78 is 0. The van der Waals surface area contributed by atoms with Gasteiger partial charge in [0, 0.05) is 22.8 Å². The van der Waals surface area contributed by atoms with Crippen molar-refractivity contribution < 1.29 is 9.59 Å². The SMILES string of the molecule is CC(=N/N=C1/NC(=O)C(CC(=O)Nc2cc(Cl)ccc2C)S1)C1CCCCC1. The first-order valence-corrected chi connectivity index (χ1v) is 10.8. The predicted molar refractivity (Wildman–Crippen MR) is 116 cm³/mol. The maximum atomic E-state index is 12.3. The van der Waals surface area contributed by atoms with E-state index in [1.807, 2.05) is 19.9 Å². The van der Waals surface area contributed by atoms with Crippen LogP contribution in [0.5, 0.6) is 0 Å². The molecule has 1 aromatic carbocycles. The third kappa shape index (κ3) is 5.58. The van der Waals surface area contributed by atoms with Gasteiger partial charge in [0.2, 0.25) is 11.8 Å². The van der Waals surface area contributed by atoms with Gasteiger partial charge in [0.25, 0.3) is 0 Å². The molecule has 1 saturated heterocycles. The number of aryl methyl sites for hydroxylation is 1. The van der Waals surface area contributed by atoms with Crippen LogP contribution in [0.15, 0.2) is 28.4 Å². The first kappa shape index (κ1) is 20.9. The minimum absolute atomic E-state index is 0.0623. The zero-order valence-corrected chi connectivity index (χ0v) is 17.7. The molecule has 0 spiro atoms. The van der Waals surface area contributed by atoms with Crippen LogP contribution in [-0.4, -0.2) is 27.9 Å². The highest BCUT2D eigenvalue weighted by atomic mass is 35.5. The van der Waals surface area contributed by atoms with Crippen molar-refractivity contribution in [2.45, 2.75) is 57.6 Å². The van der Waals surface area contributed by atoms with Gasteiger partial charge in [0.15, 0.2) is 5.17 Å². The number of thioether (sulfide) groups is 1. The second-order valence-electron chi connectivity index (χ2n) is 7.29.